The molecule has 4 aromatic rings. The summed E-state index contributed by atoms with van der Waals surface area (Å²) in [6.45, 7) is 4.40. The Morgan fingerprint density at radius 1 is 0.750 bits per heavy atom. The van der Waals surface area contributed by atoms with Crippen LogP contribution in [0, 0.1) is 23.3 Å². The molecule has 0 fully saturated rings. The quantitative estimate of drug-likeness (QED) is 0.290. The minimum atomic E-state index is -4.34. The molecule has 0 radical (unpaired) electrons. The zero-order valence-electron chi connectivity index (χ0n) is 20.4. The topological polar surface area (TPSA) is 0 Å². The van der Waals surface area contributed by atoms with Gasteiger partial charge >= 0.3 is 6.18 Å². The number of hydrogen-bond donors (Lipinski definition) is 0. The third-order valence-electron chi connectivity index (χ3n) is 7.84. The highest BCUT2D eigenvalue weighted by molar-refractivity contribution is 5.70. The zero-order valence-corrected chi connectivity index (χ0v) is 20.4. The van der Waals surface area contributed by atoms with Crippen LogP contribution in [0.1, 0.15) is 52.6 Å². The van der Waals surface area contributed by atoms with Crippen molar-refractivity contribution < 1.29 is 13.2 Å². The van der Waals surface area contributed by atoms with E-state index in [1.807, 2.05) is 6.07 Å². The van der Waals surface area contributed by atoms with Crippen molar-refractivity contribution in [3.8, 4) is 0 Å². The first-order chi connectivity index (χ1) is 17.3. The maximum atomic E-state index is 13.3. The Kier molecular flexibility index (Phi) is 5.40. The number of rotatable bonds is 2. The molecule has 2 aliphatic rings. The van der Waals surface area contributed by atoms with Crippen molar-refractivity contribution in [1.82, 2.24) is 0 Å². The van der Waals surface area contributed by atoms with Crippen LogP contribution in [0.15, 0.2) is 84.9 Å². The molecule has 2 atom stereocenters. The first-order valence-electron chi connectivity index (χ1n) is 12.5. The van der Waals surface area contributed by atoms with Gasteiger partial charge in [0, 0.05) is 5.92 Å². The highest BCUT2D eigenvalue weighted by Gasteiger charge is 2.31. The third kappa shape index (κ3) is 3.78. The van der Waals surface area contributed by atoms with Crippen molar-refractivity contribution in [2.45, 2.75) is 38.8 Å². The van der Waals surface area contributed by atoms with Gasteiger partial charge in [-0.25, -0.2) is 0 Å². The van der Waals surface area contributed by atoms with Gasteiger partial charge in [0.15, 0.2) is 0 Å². The van der Waals surface area contributed by atoms with Crippen molar-refractivity contribution >= 4 is 11.6 Å². The maximum Gasteiger partial charge on any atom is 0.416 e. The third-order valence-corrected chi connectivity index (χ3v) is 7.84. The van der Waals surface area contributed by atoms with E-state index in [-0.39, 0.29) is 5.92 Å². The summed E-state index contributed by atoms with van der Waals surface area (Å²) in [6, 6.07) is 27.3. The van der Waals surface area contributed by atoms with Gasteiger partial charge in [-0.15, -0.1) is 0 Å². The average Bonchev–Trinajstić information content (AvgIpc) is 2.88. The van der Waals surface area contributed by atoms with Crippen LogP contribution < -0.4 is 10.4 Å². The molecule has 3 heteroatoms. The van der Waals surface area contributed by atoms with E-state index in [0.29, 0.717) is 5.92 Å². The lowest BCUT2D eigenvalue weighted by Gasteiger charge is -2.29. The van der Waals surface area contributed by atoms with Crippen LogP contribution >= 0.6 is 0 Å². The molecule has 2 aliphatic carbocycles. The summed E-state index contributed by atoms with van der Waals surface area (Å²) in [6.07, 6.45) is -0.104. The number of benzene rings is 4. The van der Waals surface area contributed by atoms with Crippen LogP contribution in [-0.4, -0.2) is 0 Å². The van der Waals surface area contributed by atoms with Gasteiger partial charge in [0.05, 0.1) is 5.56 Å². The number of alkyl halides is 3. The molecule has 0 bridgehead atoms. The smallest absolute Gasteiger partial charge is 0.166 e. The van der Waals surface area contributed by atoms with Crippen molar-refractivity contribution in [3.05, 3.63) is 139 Å². The lowest BCUT2D eigenvalue weighted by atomic mass is 9.75. The van der Waals surface area contributed by atoms with E-state index >= 15 is 0 Å². The Bertz CT molecular complexity index is 1670. The number of halogens is 3. The van der Waals surface area contributed by atoms with Gasteiger partial charge in [-0.3, -0.25) is 0 Å². The average molecular weight is 481 g/mol. The van der Waals surface area contributed by atoms with Crippen LogP contribution in [0.5, 0.6) is 0 Å². The summed E-state index contributed by atoms with van der Waals surface area (Å²) in [7, 11) is 0. The Hall–Kier alpha value is -3.59. The second kappa shape index (κ2) is 8.51. The zero-order chi connectivity index (χ0) is 25.0. The molecule has 0 heterocycles. The molecule has 0 saturated carbocycles. The molecule has 36 heavy (non-hydrogen) atoms. The molecule has 6 rings (SSSR count). The molecular formula is C33H27F3. The second-order valence-electron chi connectivity index (χ2n) is 10.1. The number of fused-ring (bicyclic) bond motifs is 4. The fourth-order valence-corrected chi connectivity index (χ4v) is 6.01. The van der Waals surface area contributed by atoms with Crippen molar-refractivity contribution in [3.63, 3.8) is 0 Å². The standard InChI is InChI=1S/C33H27F3/c1-20-7-10-23(11-8-20)31-21(2)9-16-29-28(31)18-17-27-26-6-4-3-5-24(26)19-30(32(27)29)22-12-14-25(15-13-22)33(34,35)36/h3-8,10-15,17-19,21,30H,9,16H2,1-2H3. The van der Waals surface area contributed by atoms with E-state index in [1.165, 1.54) is 55.6 Å². The summed E-state index contributed by atoms with van der Waals surface area (Å²) in [5, 5.41) is 4.78. The molecule has 0 N–H and O–H groups in total. The summed E-state index contributed by atoms with van der Waals surface area (Å²) in [5.74, 6) is 0.336. The van der Waals surface area contributed by atoms with Crippen molar-refractivity contribution in [2.24, 2.45) is 5.92 Å². The lowest BCUT2D eigenvalue weighted by molar-refractivity contribution is -0.137. The molecule has 2 unspecified atom stereocenters. The fourth-order valence-electron chi connectivity index (χ4n) is 6.01. The van der Waals surface area contributed by atoms with Gasteiger partial charge in [0.1, 0.15) is 0 Å². The van der Waals surface area contributed by atoms with Crippen LogP contribution in [0.2, 0.25) is 0 Å². The van der Waals surface area contributed by atoms with E-state index in [9.17, 15) is 13.2 Å². The lowest BCUT2D eigenvalue weighted by Crippen LogP contribution is -2.28. The SMILES string of the molecule is Cc1ccc(C2=c3ccc4c(c3CCC2C)C(c2ccc(C(F)(F)F)cc2)C=c2ccccc2=4)cc1. The Labute approximate surface area is 208 Å². The van der Waals surface area contributed by atoms with E-state index in [2.05, 4.69) is 74.5 Å². The molecule has 0 amide bonds. The summed E-state index contributed by atoms with van der Waals surface area (Å²) in [5.41, 5.74) is 6.70. The van der Waals surface area contributed by atoms with E-state index < -0.39 is 11.7 Å². The summed E-state index contributed by atoms with van der Waals surface area (Å²) >= 11 is 0. The van der Waals surface area contributed by atoms with Gasteiger partial charge in [-0.1, -0.05) is 91.4 Å². The fraction of sp³-hybridized carbons (Fsp3) is 0.212. The molecule has 0 aromatic heterocycles. The monoisotopic (exact) mass is 480 g/mol. The first-order valence-corrected chi connectivity index (χ1v) is 12.5. The Balaban J connectivity index is 1.67. The number of hydrogen-bond acceptors (Lipinski definition) is 0. The number of aryl methyl sites for hydroxylation is 1. The van der Waals surface area contributed by atoms with Crippen molar-refractivity contribution in [2.75, 3.05) is 0 Å². The van der Waals surface area contributed by atoms with Crippen molar-refractivity contribution in [1.29, 1.82) is 0 Å². The van der Waals surface area contributed by atoms with Gasteiger partial charge < -0.3 is 0 Å². The second-order valence-corrected chi connectivity index (χ2v) is 10.1. The maximum absolute atomic E-state index is 13.3. The highest BCUT2D eigenvalue weighted by atomic mass is 19.4. The van der Waals surface area contributed by atoms with E-state index in [4.69, 9.17) is 0 Å². The highest BCUT2D eigenvalue weighted by Crippen LogP contribution is 2.37. The van der Waals surface area contributed by atoms with Gasteiger partial charge in [0.2, 0.25) is 0 Å². The van der Waals surface area contributed by atoms with Crippen LogP contribution in [0.3, 0.4) is 0 Å². The predicted octanol–water partition coefficient (Wildman–Crippen LogP) is 7.01. The van der Waals surface area contributed by atoms with Gasteiger partial charge in [-0.05, 0) is 86.5 Å². The van der Waals surface area contributed by atoms with Crippen LogP contribution in [0.4, 0.5) is 13.2 Å². The van der Waals surface area contributed by atoms with E-state index in [1.54, 1.807) is 12.1 Å². The summed E-state index contributed by atoms with van der Waals surface area (Å²) < 4.78 is 39.8. The van der Waals surface area contributed by atoms with Crippen LogP contribution in [-0.2, 0) is 12.6 Å². The summed E-state index contributed by atoms with van der Waals surface area (Å²) in [4.78, 5) is 0. The molecule has 0 saturated heterocycles. The van der Waals surface area contributed by atoms with Gasteiger partial charge in [0.25, 0.3) is 0 Å². The molecule has 0 nitrogen and oxygen atoms in total. The predicted molar refractivity (Wildman–Crippen MR) is 139 cm³/mol. The molecule has 0 aliphatic heterocycles. The minimum Gasteiger partial charge on any atom is -0.166 e. The molecule has 180 valence electrons. The van der Waals surface area contributed by atoms with Crippen LogP contribution in [0.25, 0.3) is 11.6 Å². The minimum absolute atomic E-state index is 0.0974. The molecule has 4 aromatic carbocycles. The molecular weight excluding hydrogens is 453 g/mol. The normalized spacial score (nSPS) is 18.6. The molecule has 0 spiro atoms. The largest absolute Gasteiger partial charge is 0.416 e. The first kappa shape index (κ1) is 22.8. The Morgan fingerprint density at radius 3 is 2.17 bits per heavy atom. The van der Waals surface area contributed by atoms with Gasteiger partial charge in [-0.2, -0.15) is 13.2 Å². The van der Waals surface area contributed by atoms with E-state index in [0.717, 1.165) is 23.6 Å². The Morgan fingerprint density at radius 2 is 1.44 bits per heavy atom.